The molecule has 110 valence electrons. The number of rotatable bonds is 4. The van der Waals surface area contributed by atoms with E-state index in [-0.39, 0.29) is 12.2 Å². The van der Waals surface area contributed by atoms with Crippen LogP contribution in [0.15, 0.2) is 42.6 Å². The molecule has 0 saturated heterocycles. The first-order valence-corrected chi connectivity index (χ1v) is 6.02. The molecule has 0 saturated carbocycles. The topological polar surface area (TPSA) is 68.0 Å². The minimum absolute atomic E-state index is 0.0871. The van der Waals surface area contributed by atoms with Crippen molar-refractivity contribution in [3.63, 3.8) is 0 Å². The Bertz CT molecular complexity index is 656. The van der Waals surface area contributed by atoms with Crippen LogP contribution in [0.5, 0.6) is 0 Å². The number of halogens is 3. The van der Waals surface area contributed by atoms with E-state index in [9.17, 15) is 18.0 Å². The lowest BCUT2D eigenvalue weighted by Crippen LogP contribution is -2.13. The Morgan fingerprint density at radius 1 is 1.24 bits per heavy atom. The highest BCUT2D eigenvalue weighted by atomic mass is 19.4. The monoisotopic (exact) mass is 295 g/mol. The third-order valence-electron chi connectivity index (χ3n) is 2.76. The van der Waals surface area contributed by atoms with Gasteiger partial charge in [0.15, 0.2) is 0 Å². The van der Waals surface area contributed by atoms with Crippen molar-refractivity contribution in [2.45, 2.75) is 12.7 Å². The summed E-state index contributed by atoms with van der Waals surface area (Å²) in [4.78, 5) is 14.8. The molecule has 0 aliphatic carbocycles. The highest BCUT2D eigenvalue weighted by Crippen LogP contribution is 2.29. The average Bonchev–Trinajstić information content (AvgIpc) is 2.45. The van der Waals surface area contributed by atoms with Crippen LogP contribution in [0.1, 0.15) is 21.6 Å². The molecule has 1 amide bonds. The number of aromatic nitrogens is 1. The maximum absolute atomic E-state index is 12.6. The predicted octanol–water partition coefficient (Wildman–Crippen LogP) is 2.81. The highest BCUT2D eigenvalue weighted by Gasteiger charge is 2.30. The number of nitrogens with zero attached hydrogens (tertiary/aromatic N) is 1. The zero-order valence-corrected chi connectivity index (χ0v) is 10.8. The molecule has 2 aromatic rings. The van der Waals surface area contributed by atoms with Crippen molar-refractivity contribution < 1.29 is 18.0 Å². The zero-order valence-electron chi connectivity index (χ0n) is 10.8. The first-order chi connectivity index (χ1) is 9.86. The van der Waals surface area contributed by atoms with Gasteiger partial charge in [0.25, 0.3) is 5.91 Å². The lowest BCUT2D eigenvalue weighted by atomic mass is 10.1. The average molecular weight is 295 g/mol. The van der Waals surface area contributed by atoms with Gasteiger partial charge in [0, 0.05) is 18.4 Å². The Hall–Kier alpha value is -2.57. The van der Waals surface area contributed by atoms with E-state index in [0.717, 1.165) is 12.1 Å². The van der Waals surface area contributed by atoms with Gasteiger partial charge in [-0.1, -0.05) is 12.1 Å². The van der Waals surface area contributed by atoms with E-state index >= 15 is 0 Å². The molecule has 0 aliphatic rings. The van der Waals surface area contributed by atoms with Crippen LogP contribution < -0.4 is 11.1 Å². The maximum atomic E-state index is 12.6. The van der Waals surface area contributed by atoms with E-state index in [4.69, 9.17) is 5.73 Å². The standard InChI is InChI=1S/C14H12F3N3O/c15-14(16,17)10-3-1-2-9(6-10)8-20-11-4-5-19-12(7-11)13(18)21/h1-7H,8H2,(H2,18,21)(H,19,20). The molecule has 0 aliphatic heterocycles. The summed E-state index contributed by atoms with van der Waals surface area (Å²) in [6, 6.07) is 8.06. The number of carbonyl (C=O) groups is 1. The SMILES string of the molecule is NC(=O)c1cc(NCc2cccc(C(F)(F)F)c2)ccn1. The van der Waals surface area contributed by atoms with E-state index < -0.39 is 17.6 Å². The molecule has 0 radical (unpaired) electrons. The minimum Gasteiger partial charge on any atom is -0.381 e. The number of anilines is 1. The van der Waals surface area contributed by atoms with Crippen molar-refractivity contribution in [3.05, 3.63) is 59.4 Å². The molecule has 7 heteroatoms. The smallest absolute Gasteiger partial charge is 0.381 e. The fourth-order valence-electron chi connectivity index (χ4n) is 1.74. The minimum atomic E-state index is -4.37. The van der Waals surface area contributed by atoms with E-state index in [1.54, 1.807) is 12.1 Å². The number of nitrogens with two attached hydrogens (primary N) is 1. The lowest BCUT2D eigenvalue weighted by molar-refractivity contribution is -0.137. The molecule has 1 heterocycles. The maximum Gasteiger partial charge on any atom is 0.416 e. The van der Waals surface area contributed by atoms with Crippen molar-refractivity contribution >= 4 is 11.6 Å². The summed E-state index contributed by atoms with van der Waals surface area (Å²) in [7, 11) is 0. The predicted molar refractivity (Wildman–Crippen MR) is 71.5 cm³/mol. The van der Waals surface area contributed by atoms with Gasteiger partial charge >= 0.3 is 6.18 Å². The number of hydrogen-bond acceptors (Lipinski definition) is 3. The van der Waals surface area contributed by atoms with Crippen LogP contribution in [0.3, 0.4) is 0 Å². The zero-order chi connectivity index (χ0) is 15.5. The molecular weight excluding hydrogens is 283 g/mol. The largest absolute Gasteiger partial charge is 0.416 e. The number of hydrogen-bond donors (Lipinski definition) is 2. The van der Waals surface area contributed by atoms with Gasteiger partial charge in [-0.15, -0.1) is 0 Å². The van der Waals surface area contributed by atoms with Crippen LogP contribution in [0, 0.1) is 0 Å². The molecule has 4 nitrogen and oxygen atoms in total. The Labute approximate surface area is 118 Å². The summed E-state index contributed by atoms with van der Waals surface area (Å²) >= 11 is 0. The molecular formula is C14H12F3N3O. The molecule has 0 bridgehead atoms. The molecule has 0 unspecified atom stereocenters. The number of pyridine rings is 1. The Balaban J connectivity index is 2.10. The number of benzene rings is 1. The fraction of sp³-hybridized carbons (Fsp3) is 0.143. The van der Waals surface area contributed by atoms with Gasteiger partial charge in [-0.2, -0.15) is 13.2 Å². The number of alkyl halides is 3. The van der Waals surface area contributed by atoms with E-state index in [1.165, 1.54) is 18.3 Å². The van der Waals surface area contributed by atoms with Crippen LogP contribution in [0.4, 0.5) is 18.9 Å². The fourth-order valence-corrected chi connectivity index (χ4v) is 1.74. The normalized spacial score (nSPS) is 11.2. The molecule has 0 fully saturated rings. The highest BCUT2D eigenvalue weighted by molar-refractivity contribution is 5.91. The van der Waals surface area contributed by atoms with Gasteiger partial charge < -0.3 is 11.1 Å². The van der Waals surface area contributed by atoms with Gasteiger partial charge in [-0.25, -0.2) is 0 Å². The van der Waals surface area contributed by atoms with Crippen LogP contribution in [-0.2, 0) is 12.7 Å². The summed E-state index contributed by atoms with van der Waals surface area (Å²) in [6.07, 6.45) is -2.97. The first kappa shape index (κ1) is 14.8. The molecule has 3 N–H and O–H groups in total. The Morgan fingerprint density at radius 3 is 2.67 bits per heavy atom. The van der Waals surface area contributed by atoms with Crippen LogP contribution in [0.2, 0.25) is 0 Å². The summed E-state index contributed by atoms with van der Waals surface area (Å²) in [5, 5.41) is 2.92. The molecule has 1 aromatic heterocycles. The van der Waals surface area contributed by atoms with Crippen molar-refractivity contribution in [3.8, 4) is 0 Å². The second kappa shape index (κ2) is 5.82. The molecule has 0 spiro atoms. The number of nitrogens with one attached hydrogen (secondary N) is 1. The van der Waals surface area contributed by atoms with Gasteiger partial charge in [-0.3, -0.25) is 9.78 Å². The van der Waals surface area contributed by atoms with E-state index in [0.29, 0.717) is 11.3 Å². The number of primary amides is 1. The third kappa shape index (κ3) is 3.95. The summed E-state index contributed by atoms with van der Waals surface area (Å²) in [6.45, 7) is 0.187. The molecule has 21 heavy (non-hydrogen) atoms. The van der Waals surface area contributed by atoms with Crippen molar-refractivity contribution in [1.82, 2.24) is 4.98 Å². The Morgan fingerprint density at radius 2 is 2.00 bits per heavy atom. The molecule has 1 aromatic carbocycles. The van der Waals surface area contributed by atoms with Gasteiger partial charge in [0.2, 0.25) is 0 Å². The quantitative estimate of drug-likeness (QED) is 0.911. The summed E-state index contributed by atoms with van der Waals surface area (Å²) in [5.41, 5.74) is 5.52. The van der Waals surface area contributed by atoms with E-state index in [2.05, 4.69) is 10.3 Å². The van der Waals surface area contributed by atoms with Crippen molar-refractivity contribution in [2.75, 3.05) is 5.32 Å². The van der Waals surface area contributed by atoms with Crippen molar-refractivity contribution in [2.24, 2.45) is 5.73 Å². The van der Waals surface area contributed by atoms with Gasteiger partial charge in [0.1, 0.15) is 5.69 Å². The van der Waals surface area contributed by atoms with Crippen LogP contribution in [0.25, 0.3) is 0 Å². The Kier molecular flexibility index (Phi) is 4.11. The van der Waals surface area contributed by atoms with Gasteiger partial charge in [-0.05, 0) is 29.8 Å². The van der Waals surface area contributed by atoms with E-state index in [1.807, 2.05) is 0 Å². The number of amides is 1. The summed E-state index contributed by atoms with van der Waals surface area (Å²) < 4.78 is 37.8. The third-order valence-corrected chi connectivity index (χ3v) is 2.76. The van der Waals surface area contributed by atoms with Crippen LogP contribution >= 0.6 is 0 Å². The second-order valence-electron chi connectivity index (χ2n) is 4.35. The van der Waals surface area contributed by atoms with Gasteiger partial charge in [0.05, 0.1) is 5.56 Å². The molecule has 2 rings (SSSR count). The first-order valence-electron chi connectivity index (χ1n) is 6.02. The number of carbonyl (C=O) groups excluding carboxylic acids is 1. The van der Waals surface area contributed by atoms with Crippen LogP contribution in [-0.4, -0.2) is 10.9 Å². The summed E-state index contributed by atoms with van der Waals surface area (Å²) in [5.74, 6) is -0.669. The lowest BCUT2D eigenvalue weighted by Gasteiger charge is -2.10. The molecule has 0 atom stereocenters. The second-order valence-corrected chi connectivity index (χ2v) is 4.35. The van der Waals surface area contributed by atoms with Crippen molar-refractivity contribution in [1.29, 1.82) is 0 Å².